The Morgan fingerprint density at radius 2 is 2.18 bits per heavy atom. The molecule has 0 aliphatic rings. The first-order valence-electron chi connectivity index (χ1n) is 5.09. The minimum absolute atomic E-state index is 0.145. The van der Waals surface area contributed by atoms with Crippen LogP contribution in [0.15, 0.2) is 6.07 Å². The fraction of sp³-hybridized carbons (Fsp3) is 0.400. The van der Waals surface area contributed by atoms with Crippen LogP contribution < -0.4 is 16.8 Å². The van der Waals surface area contributed by atoms with Crippen LogP contribution in [-0.2, 0) is 4.79 Å². The maximum atomic E-state index is 10.7. The van der Waals surface area contributed by atoms with Crippen molar-refractivity contribution < 1.29 is 4.79 Å². The Kier molecular flexibility index (Phi) is 4.33. The predicted molar refractivity (Wildman–Crippen MR) is 69.6 cm³/mol. The van der Waals surface area contributed by atoms with E-state index in [0.29, 0.717) is 11.6 Å². The molecular formula is C10H15N5OS. The Bertz CT molecular complexity index is 448. The summed E-state index contributed by atoms with van der Waals surface area (Å²) in [7, 11) is 0. The van der Waals surface area contributed by atoms with Gasteiger partial charge in [0.1, 0.15) is 10.7 Å². The first kappa shape index (κ1) is 13.3. The van der Waals surface area contributed by atoms with Crippen LogP contribution in [0.5, 0.6) is 0 Å². The highest BCUT2D eigenvalue weighted by molar-refractivity contribution is 7.80. The second-order valence-corrected chi connectivity index (χ2v) is 4.24. The number of nitrogens with two attached hydrogens (primary N) is 2. The maximum absolute atomic E-state index is 10.7. The van der Waals surface area contributed by atoms with Gasteiger partial charge in [-0.2, -0.15) is 0 Å². The third kappa shape index (κ3) is 4.31. The van der Waals surface area contributed by atoms with Gasteiger partial charge in [0.25, 0.3) is 0 Å². The molecule has 0 saturated heterocycles. The maximum Gasteiger partial charge on any atom is 0.223 e. The van der Waals surface area contributed by atoms with Crippen LogP contribution in [0.1, 0.15) is 24.7 Å². The molecule has 0 aliphatic heterocycles. The molecule has 92 valence electrons. The first-order valence-corrected chi connectivity index (χ1v) is 5.49. The highest BCUT2D eigenvalue weighted by Crippen LogP contribution is 2.07. The Morgan fingerprint density at radius 1 is 1.53 bits per heavy atom. The molecule has 1 unspecified atom stereocenters. The van der Waals surface area contributed by atoms with Crippen molar-refractivity contribution in [1.29, 1.82) is 0 Å². The van der Waals surface area contributed by atoms with E-state index >= 15 is 0 Å². The summed E-state index contributed by atoms with van der Waals surface area (Å²) >= 11 is 4.85. The van der Waals surface area contributed by atoms with Crippen LogP contribution in [0, 0.1) is 6.92 Å². The van der Waals surface area contributed by atoms with Crippen molar-refractivity contribution in [2.75, 3.05) is 5.32 Å². The molecule has 1 aromatic rings. The monoisotopic (exact) mass is 253 g/mol. The number of nitrogens with one attached hydrogen (secondary N) is 1. The number of hydrogen-bond donors (Lipinski definition) is 3. The zero-order valence-electron chi connectivity index (χ0n) is 9.73. The molecular weight excluding hydrogens is 238 g/mol. The lowest BCUT2D eigenvalue weighted by Gasteiger charge is -2.12. The molecule has 1 amide bonds. The third-order valence-electron chi connectivity index (χ3n) is 1.99. The predicted octanol–water partition coefficient (Wildman–Crippen LogP) is 0.0950. The summed E-state index contributed by atoms with van der Waals surface area (Å²) in [4.78, 5) is 19.3. The number of hydrogen-bond acceptors (Lipinski definition) is 5. The van der Waals surface area contributed by atoms with Crippen molar-refractivity contribution in [3.63, 3.8) is 0 Å². The fourth-order valence-corrected chi connectivity index (χ4v) is 1.44. The zero-order chi connectivity index (χ0) is 13.0. The van der Waals surface area contributed by atoms with E-state index in [4.69, 9.17) is 23.7 Å². The molecule has 0 spiro atoms. The van der Waals surface area contributed by atoms with Crippen LogP contribution in [0.2, 0.25) is 0 Å². The van der Waals surface area contributed by atoms with Gasteiger partial charge in [-0.15, -0.1) is 0 Å². The van der Waals surface area contributed by atoms with Crippen LogP contribution in [-0.4, -0.2) is 26.9 Å². The van der Waals surface area contributed by atoms with Gasteiger partial charge in [0.05, 0.1) is 0 Å². The molecule has 5 N–H and O–H groups in total. The molecule has 1 atom stereocenters. The molecule has 1 heterocycles. The SMILES string of the molecule is Cc1cc(C(N)=S)nc(NC(C)CC(N)=O)n1. The molecule has 0 aliphatic carbocycles. The van der Waals surface area contributed by atoms with Gasteiger partial charge in [-0.1, -0.05) is 12.2 Å². The summed E-state index contributed by atoms with van der Waals surface area (Å²) in [5.41, 5.74) is 11.8. The molecule has 7 heteroatoms. The van der Waals surface area contributed by atoms with E-state index in [1.165, 1.54) is 0 Å². The van der Waals surface area contributed by atoms with E-state index in [-0.39, 0.29) is 23.4 Å². The molecule has 6 nitrogen and oxygen atoms in total. The van der Waals surface area contributed by atoms with Crippen LogP contribution >= 0.6 is 12.2 Å². The smallest absolute Gasteiger partial charge is 0.223 e. The Morgan fingerprint density at radius 3 is 2.71 bits per heavy atom. The van der Waals surface area contributed by atoms with Crippen molar-refractivity contribution in [2.24, 2.45) is 11.5 Å². The van der Waals surface area contributed by atoms with Crippen molar-refractivity contribution >= 4 is 29.1 Å². The number of carbonyl (C=O) groups is 1. The van der Waals surface area contributed by atoms with Crippen LogP contribution in [0.4, 0.5) is 5.95 Å². The van der Waals surface area contributed by atoms with E-state index in [1.807, 2.05) is 13.8 Å². The van der Waals surface area contributed by atoms with Gasteiger partial charge in [-0.3, -0.25) is 4.79 Å². The number of aryl methyl sites for hydroxylation is 1. The molecule has 1 rings (SSSR count). The summed E-state index contributed by atoms with van der Waals surface area (Å²) in [5.74, 6) is 0.00812. The highest BCUT2D eigenvalue weighted by atomic mass is 32.1. The highest BCUT2D eigenvalue weighted by Gasteiger charge is 2.09. The van der Waals surface area contributed by atoms with E-state index in [9.17, 15) is 4.79 Å². The standard InChI is InChI=1S/C10H15N5OS/c1-5-3-7(9(12)17)15-10(13-5)14-6(2)4-8(11)16/h3,6H,4H2,1-2H3,(H2,11,16)(H2,12,17)(H,13,14,15). The lowest BCUT2D eigenvalue weighted by atomic mass is 10.2. The largest absolute Gasteiger partial charge is 0.388 e. The second kappa shape index (κ2) is 5.53. The Balaban J connectivity index is 2.84. The van der Waals surface area contributed by atoms with Gasteiger partial charge in [0.2, 0.25) is 11.9 Å². The molecule has 0 saturated carbocycles. The number of carbonyl (C=O) groups excluding carboxylic acids is 1. The summed E-state index contributed by atoms with van der Waals surface area (Å²) in [5, 5.41) is 2.97. The Hall–Kier alpha value is -1.76. The minimum atomic E-state index is -0.382. The number of aromatic nitrogens is 2. The minimum Gasteiger partial charge on any atom is -0.388 e. The van der Waals surface area contributed by atoms with Gasteiger partial charge >= 0.3 is 0 Å². The number of anilines is 1. The molecule has 1 aromatic heterocycles. The number of primary amides is 1. The van der Waals surface area contributed by atoms with Crippen molar-refractivity contribution in [2.45, 2.75) is 26.3 Å². The van der Waals surface area contributed by atoms with Gasteiger partial charge in [-0.25, -0.2) is 9.97 Å². The topological polar surface area (TPSA) is 107 Å². The summed E-state index contributed by atoms with van der Waals surface area (Å²) in [6.45, 7) is 3.63. The number of rotatable bonds is 5. The average molecular weight is 253 g/mol. The van der Waals surface area contributed by atoms with E-state index in [0.717, 1.165) is 5.69 Å². The summed E-state index contributed by atoms with van der Waals surface area (Å²) in [6.07, 6.45) is 0.208. The van der Waals surface area contributed by atoms with Crippen molar-refractivity contribution in [1.82, 2.24) is 9.97 Å². The van der Waals surface area contributed by atoms with Gasteiger partial charge in [0, 0.05) is 18.2 Å². The van der Waals surface area contributed by atoms with E-state index < -0.39 is 0 Å². The number of thiocarbonyl (C=S) groups is 1. The lowest BCUT2D eigenvalue weighted by Crippen LogP contribution is -2.25. The van der Waals surface area contributed by atoms with Crippen molar-refractivity contribution in [3.05, 3.63) is 17.5 Å². The van der Waals surface area contributed by atoms with Gasteiger partial charge in [0.15, 0.2) is 0 Å². The van der Waals surface area contributed by atoms with Crippen LogP contribution in [0.3, 0.4) is 0 Å². The normalized spacial score (nSPS) is 11.9. The van der Waals surface area contributed by atoms with Gasteiger partial charge < -0.3 is 16.8 Å². The Labute approximate surface area is 105 Å². The second-order valence-electron chi connectivity index (χ2n) is 3.80. The number of nitrogens with zero attached hydrogens (tertiary/aromatic N) is 2. The molecule has 0 aromatic carbocycles. The molecule has 0 radical (unpaired) electrons. The fourth-order valence-electron chi connectivity index (χ4n) is 1.33. The van der Waals surface area contributed by atoms with Crippen molar-refractivity contribution in [3.8, 4) is 0 Å². The van der Waals surface area contributed by atoms with E-state index in [1.54, 1.807) is 6.07 Å². The third-order valence-corrected chi connectivity index (χ3v) is 2.20. The molecule has 17 heavy (non-hydrogen) atoms. The first-order chi connectivity index (χ1) is 7.88. The lowest BCUT2D eigenvalue weighted by molar-refractivity contribution is -0.118. The quantitative estimate of drug-likeness (QED) is 0.642. The van der Waals surface area contributed by atoms with Gasteiger partial charge in [-0.05, 0) is 19.9 Å². The number of amides is 1. The molecule has 0 bridgehead atoms. The zero-order valence-corrected chi connectivity index (χ0v) is 10.5. The molecule has 0 fully saturated rings. The van der Waals surface area contributed by atoms with E-state index in [2.05, 4.69) is 15.3 Å². The summed E-state index contributed by atoms with van der Waals surface area (Å²) < 4.78 is 0. The summed E-state index contributed by atoms with van der Waals surface area (Å²) in [6, 6.07) is 1.56. The average Bonchev–Trinajstić information content (AvgIpc) is 2.14. The van der Waals surface area contributed by atoms with Crippen LogP contribution in [0.25, 0.3) is 0 Å².